The van der Waals surface area contributed by atoms with Crippen LogP contribution >= 0.6 is 34.4 Å². The number of nitrogens with zero attached hydrogens (tertiary/aromatic N) is 3. The fourth-order valence-electron chi connectivity index (χ4n) is 3.25. The van der Waals surface area contributed by atoms with Crippen LogP contribution < -0.4 is 11.3 Å². The average Bonchev–Trinajstić information content (AvgIpc) is 3.44. The zero-order valence-electron chi connectivity index (χ0n) is 15.3. The van der Waals surface area contributed by atoms with Crippen LogP contribution in [0.25, 0.3) is 31.8 Å². The molecule has 0 aliphatic carbocycles. The maximum Gasteiger partial charge on any atom is 0.419 e. The Morgan fingerprint density at radius 1 is 1.14 bits per heavy atom. The molecule has 0 fully saturated rings. The van der Waals surface area contributed by atoms with E-state index in [0.29, 0.717) is 28.4 Å². The zero-order valence-corrected chi connectivity index (χ0v) is 17.8. The van der Waals surface area contributed by atoms with E-state index >= 15 is 0 Å². The number of rotatable bonds is 5. The summed E-state index contributed by atoms with van der Waals surface area (Å²) >= 11 is 4.55. The van der Waals surface area contributed by atoms with Crippen LogP contribution in [0.15, 0.2) is 66.3 Å². The smallest absolute Gasteiger partial charge is 0.408 e. The number of hydrogen-bond donors (Lipinski definition) is 0. The van der Waals surface area contributed by atoms with Crippen LogP contribution in [0.4, 0.5) is 0 Å². The predicted molar refractivity (Wildman–Crippen MR) is 119 cm³/mol. The molecule has 6 nitrogen and oxygen atoms in total. The maximum atomic E-state index is 13.0. The highest BCUT2D eigenvalue weighted by Crippen LogP contribution is 2.34. The number of para-hydroxylation sites is 2. The number of thiophene rings is 2. The topological polar surface area (TPSA) is 70.0 Å². The first kappa shape index (κ1) is 18.4. The first-order valence-electron chi connectivity index (χ1n) is 8.87. The lowest BCUT2D eigenvalue weighted by molar-refractivity contribution is 0.514. The van der Waals surface area contributed by atoms with E-state index in [1.807, 2.05) is 41.1 Å². The van der Waals surface area contributed by atoms with E-state index in [-0.39, 0.29) is 11.3 Å². The largest absolute Gasteiger partial charge is 0.419 e. The van der Waals surface area contributed by atoms with Crippen molar-refractivity contribution >= 4 is 55.8 Å². The molecule has 146 valence electrons. The molecule has 0 unspecified atom stereocenters. The molecule has 5 rings (SSSR count). The van der Waals surface area contributed by atoms with Gasteiger partial charge in [-0.3, -0.25) is 13.9 Å². The summed E-state index contributed by atoms with van der Waals surface area (Å²) in [5.41, 5.74) is 2.25. The monoisotopic (exact) mass is 441 g/mol. The SMILES string of the molecule is Cn1c(SCCn2c(=O)oc3ccccc32)nc2scc(-c3cccs3)c2c1=O. The standard InChI is InChI=1S/C20H15N3O3S3/c1-22-18(24)16-12(15-7-4-9-27-15)11-29-17(16)21-19(22)28-10-8-23-13-5-2-3-6-14(13)26-20(23)25/h2-7,9,11H,8,10H2,1H3. The summed E-state index contributed by atoms with van der Waals surface area (Å²) in [6.07, 6.45) is 0. The third-order valence-corrected chi connectivity index (χ3v) is 7.47. The molecular formula is C20H15N3O3S3. The molecule has 0 spiro atoms. The molecule has 0 amide bonds. The highest BCUT2D eigenvalue weighted by Gasteiger charge is 2.16. The normalized spacial score (nSPS) is 11.6. The van der Waals surface area contributed by atoms with Crippen molar-refractivity contribution in [1.29, 1.82) is 0 Å². The quantitative estimate of drug-likeness (QED) is 0.298. The Kier molecular flexibility index (Phi) is 4.65. The van der Waals surface area contributed by atoms with Crippen molar-refractivity contribution in [2.24, 2.45) is 7.05 Å². The Hall–Kier alpha value is -2.62. The summed E-state index contributed by atoms with van der Waals surface area (Å²) in [5.74, 6) is 0.223. The molecule has 29 heavy (non-hydrogen) atoms. The first-order valence-corrected chi connectivity index (χ1v) is 11.6. The van der Waals surface area contributed by atoms with Crippen LogP contribution in [0.3, 0.4) is 0 Å². The van der Waals surface area contributed by atoms with Crippen molar-refractivity contribution in [2.75, 3.05) is 5.75 Å². The van der Waals surface area contributed by atoms with Gasteiger partial charge in [-0.1, -0.05) is 30.0 Å². The Balaban J connectivity index is 1.44. The van der Waals surface area contributed by atoms with Gasteiger partial charge in [-0.05, 0) is 23.6 Å². The van der Waals surface area contributed by atoms with Crippen molar-refractivity contribution < 1.29 is 4.42 Å². The van der Waals surface area contributed by atoms with E-state index in [4.69, 9.17) is 9.40 Å². The number of hydrogen-bond acceptors (Lipinski definition) is 7. The molecule has 5 aromatic rings. The van der Waals surface area contributed by atoms with Crippen molar-refractivity contribution in [3.63, 3.8) is 0 Å². The summed E-state index contributed by atoms with van der Waals surface area (Å²) < 4.78 is 8.47. The molecule has 0 N–H and O–H groups in total. The van der Waals surface area contributed by atoms with Gasteiger partial charge >= 0.3 is 5.76 Å². The Labute approximate surface area is 177 Å². The number of oxazole rings is 1. The second kappa shape index (κ2) is 7.33. The highest BCUT2D eigenvalue weighted by atomic mass is 32.2. The maximum absolute atomic E-state index is 13.0. The molecule has 9 heteroatoms. The molecule has 4 heterocycles. The third-order valence-electron chi connectivity index (χ3n) is 4.68. The highest BCUT2D eigenvalue weighted by molar-refractivity contribution is 7.99. The van der Waals surface area contributed by atoms with E-state index in [2.05, 4.69) is 0 Å². The minimum absolute atomic E-state index is 0.0481. The van der Waals surface area contributed by atoms with Crippen molar-refractivity contribution in [2.45, 2.75) is 11.7 Å². The third kappa shape index (κ3) is 3.15. The zero-order chi connectivity index (χ0) is 20.0. The lowest BCUT2D eigenvalue weighted by Gasteiger charge is -2.08. The van der Waals surface area contributed by atoms with Gasteiger partial charge in [0.05, 0.1) is 10.9 Å². The molecule has 0 saturated heterocycles. The summed E-state index contributed by atoms with van der Waals surface area (Å²) in [5, 5.41) is 5.31. The van der Waals surface area contributed by atoms with Gasteiger partial charge in [0, 0.05) is 35.2 Å². The number of aromatic nitrogens is 3. The minimum atomic E-state index is -0.372. The van der Waals surface area contributed by atoms with Crippen molar-refractivity contribution in [3.8, 4) is 10.4 Å². The molecule has 0 atom stereocenters. The van der Waals surface area contributed by atoms with Crippen LogP contribution in [0.2, 0.25) is 0 Å². The molecule has 0 radical (unpaired) electrons. The van der Waals surface area contributed by atoms with E-state index in [1.54, 1.807) is 33.6 Å². The second-order valence-electron chi connectivity index (χ2n) is 6.40. The van der Waals surface area contributed by atoms with Gasteiger partial charge in [0.25, 0.3) is 5.56 Å². The molecule has 1 aromatic carbocycles. The lowest BCUT2D eigenvalue weighted by atomic mass is 10.2. The number of aryl methyl sites for hydroxylation is 1. The van der Waals surface area contributed by atoms with Crippen LogP contribution in [-0.4, -0.2) is 19.9 Å². The summed E-state index contributed by atoms with van der Waals surface area (Å²) in [6.45, 7) is 0.472. The Morgan fingerprint density at radius 2 is 2.00 bits per heavy atom. The van der Waals surface area contributed by atoms with Gasteiger partial charge < -0.3 is 4.42 Å². The number of thioether (sulfide) groups is 1. The average molecular weight is 442 g/mol. The van der Waals surface area contributed by atoms with Crippen LogP contribution in [0, 0.1) is 0 Å². The fourth-order valence-corrected chi connectivity index (χ4v) is 5.95. The molecule has 0 bridgehead atoms. The first-order chi connectivity index (χ1) is 14.1. The number of fused-ring (bicyclic) bond motifs is 2. The van der Waals surface area contributed by atoms with Gasteiger partial charge in [-0.2, -0.15) is 0 Å². The second-order valence-corrected chi connectivity index (χ2v) is 9.27. The van der Waals surface area contributed by atoms with Gasteiger partial charge in [0.15, 0.2) is 10.7 Å². The number of benzene rings is 1. The van der Waals surface area contributed by atoms with Crippen molar-refractivity contribution in [3.05, 3.63) is 68.1 Å². The van der Waals surface area contributed by atoms with E-state index in [1.165, 1.54) is 23.1 Å². The van der Waals surface area contributed by atoms with Crippen LogP contribution in [-0.2, 0) is 13.6 Å². The van der Waals surface area contributed by atoms with E-state index in [0.717, 1.165) is 20.8 Å². The predicted octanol–water partition coefficient (Wildman–Crippen LogP) is 4.42. The molecule has 0 aliphatic heterocycles. The summed E-state index contributed by atoms with van der Waals surface area (Å²) in [6, 6.07) is 11.4. The van der Waals surface area contributed by atoms with Gasteiger partial charge in [-0.25, -0.2) is 9.78 Å². The molecule has 4 aromatic heterocycles. The summed E-state index contributed by atoms with van der Waals surface area (Å²) in [4.78, 5) is 31.6. The minimum Gasteiger partial charge on any atom is -0.408 e. The van der Waals surface area contributed by atoms with E-state index < -0.39 is 0 Å². The molecule has 0 aliphatic rings. The van der Waals surface area contributed by atoms with Gasteiger partial charge in [0.2, 0.25) is 0 Å². The van der Waals surface area contributed by atoms with Gasteiger partial charge in [-0.15, -0.1) is 22.7 Å². The molecule has 0 saturated carbocycles. The lowest BCUT2D eigenvalue weighted by Crippen LogP contribution is -2.20. The summed E-state index contributed by atoms with van der Waals surface area (Å²) in [7, 11) is 1.74. The van der Waals surface area contributed by atoms with E-state index in [9.17, 15) is 9.59 Å². The van der Waals surface area contributed by atoms with Gasteiger partial charge in [0.1, 0.15) is 4.83 Å². The van der Waals surface area contributed by atoms with Crippen LogP contribution in [0.1, 0.15) is 0 Å². The Morgan fingerprint density at radius 3 is 2.83 bits per heavy atom. The van der Waals surface area contributed by atoms with Crippen molar-refractivity contribution in [1.82, 2.24) is 14.1 Å². The van der Waals surface area contributed by atoms with Crippen LogP contribution in [0.5, 0.6) is 0 Å². The fraction of sp³-hybridized carbons (Fsp3) is 0.150. The molecular weight excluding hydrogens is 426 g/mol. The Bertz CT molecular complexity index is 1440.